The minimum Gasteiger partial charge on any atom is -0.388 e. The number of amidine groups is 1. The second-order valence-corrected chi connectivity index (χ2v) is 3.77. The molecule has 0 spiro atoms. The fourth-order valence-corrected chi connectivity index (χ4v) is 1.76. The predicted molar refractivity (Wildman–Crippen MR) is 67.4 cm³/mol. The number of anilines is 1. The van der Waals surface area contributed by atoms with Crippen LogP contribution < -0.4 is 10.6 Å². The van der Waals surface area contributed by atoms with Crippen molar-refractivity contribution in [2.45, 2.75) is 13.3 Å². The predicted octanol–water partition coefficient (Wildman–Crippen LogP) is 0.882. The van der Waals surface area contributed by atoms with E-state index < -0.39 is 0 Å². The molecule has 17 heavy (non-hydrogen) atoms. The number of nitrogens with one attached hydrogen (secondary N) is 1. The first-order valence-electron chi connectivity index (χ1n) is 5.58. The monoisotopic (exact) mass is 232 g/mol. The van der Waals surface area contributed by atoms with E-state index in [0.29, 0.717) is 13.0 Å². The first-order chi connectivity index (χ1) is 8.22. The van der Waals surface area contributed by atoms with E-state index in [1.807, 2.05) is 12.3 Å². The fourth-order valence-electron chi connectivity index (χ4n) is 1.76. The molecular formula is C11H16N6. The van der Waals surface area contributed by atoms with E-state index in [9.17, 15) is 0 Å². The topological polar surface area (TPSA) is 83.3 Å². The maximum Gasteiger partial charge on any atom is 0.154 e. The summed E-state index contributed by atoms with van der Waals surface area (Å²) in [5.41, 5.74) is 6.36. The molecule has 2 heterocycles. The molecule has 0 fully saturated rings. The van der Waals surface area contributed by atoms with Crippen LogP contribution in [0, 0.1) is 5.41 Å². The molecule has 2 aromatic heterocycles. The van der Waals surface area contributed by atoms with Crippen molar-refractivity contribution in [1.29, 1.82) is 5.41 Å². The SMILES string of the molecule is CCN(CCC(=N)N)c1nccn2nccc12. The van der Waals surface area contributed by atoms with E-state index in [1.165, 1.54) is 0 Å². The Labute approximate surface area is 99.6 Å². The molecule has 0 saturated carbocycles. The third-order valence-electron chi connectivity index (χ3n) is 2.64. The zero-order valence-corrected chi connectivity index (χ0v) is 9.80. The Morgan fingerprint density at radius 1 is 1.53 bits per heavy atom. The van der Waals surface area contributed by atoms with Gasteiger partial charge >= 0.3 is 0 Å². The van der Waals surface area contributed by atoms with Crippen molar-refractivity contribution in [3.63, 3.8) is 0 Å². The van der Waals surface area contributed by atoms with Crippen LogP contribution in [-0.2, 0) is 0 Å². The molecular weight excluding hydrogens is 216 g/mol. The summed E-state index contributed by atoms with van der Waals surface area (Å²) in [6.45, 7) is 3.58. The van der Waals surface area contributed by atoms with E-state index in [4.69, 9.17) is 11.1 Å². The Morgan fingerprint density at radius 3 is 3.06 bits per heavy atom. The molecule has 90 valence electrons. The first kappa shape index (κ1) is 11.4. The standard InChI is InChI=1S/C11H16N6/c1-2-16(7-4-10(12)13)11-9-3-5-15-17(9)8-6-14-11/h3,5-6,8H,2,4,7H2,1H3,(H3,12,13). The van der Waals surface area contributed by atoms with Gasteiger partial charge in [-0.25, -0.2) is 9.50 Å². The quantitative estimate of drug-likeness (QED) is 0.592. The number of nitrogens with two attached hydrogens (primary N) is 1. The summed E-state index contributed by atoms with van der Waals surface area (Å²) in [7, 11) is 0. The molecule has 6 heteroatoms. The fraction of sp³-hybridized carbons (Fsp3) is 0.364. The highest BCUT2D eigenvalue weighted by atomic mass is 15.3. The van der Waals surface area contributed by atoms with Crippen molar-refractivity contribution in [2.75, 3.05) is 18.0 Å². The molecule has 2 rings (SSSR count). The largest absolute Gasteiger partial charge is 0.388 e. The molecule has 0 unspecified atom stereocenters. The van der Waals surface area contributed by atoms with E-state index in [1.54, 1.807) is 16.9 Å². The zero-order chi connectivity index (χ0) is 12.3. The lowest BCUT2D eigenvalue weighted by Crippen LogP contribution is -2.28. The Hall–Kier alpha value is -2.11. The van der Waals surface area contributed by atoms with Crippen LogP contribution in [0.4, 0.5) is 5.82 Å². The maximum absolute atomic E-state index is 7.27. The van der Waals surface area contributed by atoms with Gasteiger partial charge in [0.15, 0.2) is 5.82 Å². The average molecular weight is 232 g/mol. The van der Waals surface area contributed by atoms with Gasteiger partial charge in [0.1, 0.15) is 5.52 Å². The van der Waals surface area contributed by atoms with E-state index >= 15 is 0 Å². The molecule has 0 radical (unpaired) electrons. The molecule has 0 aliphatic rings. The van der Waals surface area contributed by atoms with Gasteiger partial charge in [-0.05, 0) is 13.0 Å². The summed E-state index contributed by atoms with van der Waals surface area (Å²) in [6.07, 6.45) is 5.84. The van der Waals surface area contributed by atoms with Gasteiger partial charge in [0.25, 0.3) is 0 Å². The third kappa shape index (κ3) is 2.35. The molecule has 0 bridgehead atoms. The molecule has 0 saturated heterocycles. The Morgan fingerprint density at radius 2 is 2.35 bits per heavy atom. The molecule has 2 aromatic rings. The lowest BCUT2D eigenvalue weighted by atomic mass is 10.3. The Kier molecular flexibility index (Phi) is 3.22. The molecule has 0 atom stereocenters. The molecule has 0 amide bonds. The van der Waals surface area contributed by atoms with Gasteiger partial charge in [-0.1, -0.05) is 0 Å². The van der Waals surface area contributed by atoms with Gasteiger partial charge in [0.2, 0.25) is 0 Å². The van der Waals surface area contributed by atoms with Crippen molar-refractivity contribution < 1.29 is 0 Å². The van der Waals surface area contributed by atoms with Crippen LogP contribution in [-0.4, -0.2) is 33.5 Å². The van der Waals surface area contributed by atoms with Crippen LogP contribution >= 0.6 is 0 Å². The Bertz CT molecular complexity index is 517. The minimum absolute atomic E-state index is 0.198. The lowest BCUT2D eigenvalue weighted by molar-refractivity contribution is 0.809. The average Bonchev–Trinajstić information content (AvgIpc) is 2.78. The number of hydrogen-bond donors (Lipinski definition) is 2. The van der Waals surface area contributed by atoms with Gasteiger partial charge in [-0.3, -0.25) is 5.41 Å². The second kappa shape index (κ2) is 4.82. The van der Waals surface area contributed by atoms with Gasteiger partial charge in [-0.2, -0.15) is 5.10 Å². The summed E-state index contributed by atoms with van der Waals surface area (Å²) in [4.78, 5) is 6.48. The third-order valence-corrected chi connectivity index (χ3v) is 2.64. The van der Waals surface area contributed by atoms with Gasteiger partial charge in [-0.15, -0.1) is 0 Å². The van der Waals surface area contributed by atoms with E-state index in [-0.39, 0.29) is 5.84 Å². The van der Waals surface area contributed by atoms with Crippen LogP contribution in [0.5, 0.6) is 0 Å². The number of fused-ring (bicyclic) bond motifs is 1. The van der Waals surface area contributed by atoms with Crippen LogP contribution in [0.15, 0.2) is 24.7 Å². The van der Waals surface area contributed by atoms with Crippen LogP contribution in [0.2, 0.25) is 0 Å². The summed E-state index contributed by atoms with van der Waals surface area (Å²) in [5.74, 6) is 1.08. The van der Waals surface area contributed by atoms with Gasteiger partial charge in [0.05, 0.1) is 12.0 Å². The van der Waals surface area contributed by atoms with Crippen LogP contribution in [0.3, 0.4) is 0 Å². The molecule has 3 N–H and O–H groups in total. The molecule has 6 nitrogen and oxygen atoms in total. The highest BCUT2D eigenvalue weighted by Gasteiger charge is 2.10. The second-order valence-electron chi connectivity index (χ2n) is 3.77. The first-order valence-corrected chi connectivity index (χ1v) is 5.58. The van der Waals surface area contributed by atoms with Crippen molar-refractivity contribution >= 4 is 17.2 Å². The van der Waals surface area contributed by atoms with E-state index in [2.05, 4.69) is 21.9 Å². The van der Waals surface area contributed by atoms with Crippen LogP contribution in [0.25, 0.3) is 5.52 Å². The summed E-state index contributed by atoms with van der Waals surface area (Å²) in [5, 5.41) is 11.4. The normalized spacial score (nSPS) is 10.6. The number of nitrogens with zero attached hydrogens (tertiary/aromatic N) is 4. The molecule has 0 aliphatic heterocycles. The number of rotatable bonds is 5. The minimum atomic E-state index is 0.198. The van der Waals surface area contributed by atoms with Crippen molar-refractivity contribution in [3.05, 3.63) is 24.7 Å². The lowest BCUT2D eigenvalue weighted by Gasteiger charge is -2.22. The highest BCUT2D eigenvalue weighted by Crippen LogP contribution is 2.17. The van der Waals surface area contributed by atoms with E-state index in [0.717, 1.165) is 17.9 Å². The number of hydrogen-bond acceptors (Lipinski definition) is 4. The number of aromatic nitrogens is 3. The molecule has 0 aliphatic carbocycles. The zero-order valence-electron chi connectivity index (χ0n) is 9.80. The van der Waals surface area contributed by atoms with Crippen LogP contribution in [0.1, 0.15) is 13.3 Å². The maximum atomic E-state index is 7.27. The van der Waals surface area contributed by atoms with Crippen molar-refractivity contribution in [2.24, 2.45) is 5.73 Å². The van der Waals surface area contributed by atoms with Crippen molar-refractivity contribution in [3.8, 4) is 0 Å². The smallest absolute Gasteiger partial charge is 0.154 e. The van der Waals surface area contributed by atoms with Crippen molar-refractivity contribution in [1.82, 2.24) is 14.6 Å². The van der Waals surface area contributed by atoms with Gasteiger partial charge < -0.3 is 10.6 Å². The summed E-state index contributed by atoms with van der Waals surface area (Å²) in [6, 6.07) is 1.93. The Balaban J connectivity index is 2.29. The van der Waals surface area contributed by atoms with Gasteiger partial charge in [0, 0.05) is 31.9 Å². The highest BCUT2D eigenvalue weighted by molar-refractivity contribution is 5.78. The molecule has 0 aromatic carbocycles. The summed E-state index contributed by atoms with van der Waals surface area (Å²) < 4.78 is 1.79. The summed E-state index contributed by atoms with van der Waals surface area (Å²) >= 11 is 0.